The molecule has 4 atom stereocenters. The number of nitrogens with zero attached hydrogens (tertiary/aromatic N) is 2. The first kappa shape index (κ1) is 36.9. The van der Waals surface area contributed by atoms with Crippen molar-refractivity contribution in [2.45, 2.75) is 54.6 Å². The first-order valence-corrected chi connectivity index (χ1v) is 17.0. The Kier molecular flexibility index (Phi) is 11.9. The molecule has 4 aromatic rings. The van der Waals surface area contributed by atoms with Crippen LogP contribution in [-0.2, 0) is 17.5 Å². The summed E-state index contributed by atoms with van der Waals surface area (Å²) in [6.45, 7) is 4.83. The summed E-state index contributed by atoms with van der Waals surface area (Å²) < 4.78 is 45.7. The van der Waals surface area contributed by atoms with Crippen LogP contribution in [0.25, 0.3) is 0 Å². The number of fused-ring (bicyclic) bond motifs is 1. The van der Waals surface area contributed by atoms with Gasteiger partial charge >= 0.3 is 6.18 Å². The molecule has 12 heteroatoms. The van der Waals surface area contributed by atoms with E-state index in [0.29, 0.717) is 19.6 Å². The number of hydrogen-bond acceptors (Lipinski definition) is 7. The number of aliphatic hydroxyl groups excluding tert-OH is 2. The predicted octanol–water partition coefficient (Wildman–Crippen LogP) is 6.88. The third kappa shape index (κ3) is 9.05. The number of benzene rings is 4. The van der Waals surface area contributed by atoms with E-state index in [9.17, 15) is 33.0 Å². The van der Waals surface area contributed by atoms with E-state index in [4.69, 9.17) is 4.74 Å². The van der Waals surface area contributed by atoms with Gasteiger partial charge in [-0.1, -0.05) is 67.2 Å². The van der Waals surface area contributed by atoms with Gasteiger partial charge in [-0.15, -0.1) is 0 Å². The van der Waals surface area contributed by atoms with Crippen LogP contribution in [0, 0.1) is 5.92 Å². The molecule has 0 spiro atoms. The quantitative estimate of drug-likeness (QED) is 0.156. The Balaban J connectivity index is 1.36. The summed E-state index contributed by atoms with van der Waals surface area (Å²) in [5, 5.41) is 23.4. The number of halogens is 3. The number of rotatable bonds is 11. The first-order valence-electron chi connectivity index (χ1n) is 16.2. The highest BCUT2D eigenvalue weighted by atomic mass is 32.2. The van der Waals surface area contributed by atoms with E-state index < -0.39 is 41.8 Å². The van der Waals surface area contributed by atoms with Crippen molar-refractivity contribution in [3.05, 3.63) is 119 Å². The monoisotopic (exact) mass is 707 g/mol. The summed E-state index contributed by atoms with van der Waals surface area (Å²) in [6.07, 6.45) is -6.82. The van der Waals surface area contributed by atoms with Gasteiger partial charge in [-0.05, 0) is 73.6 Å². The molecule has 1 aliphatic rings. The second kappa shape index (κ2) is 16.1. The van der Waals surface area contributed by atoms with Crippen LogP contribution >= 0.6 is 11.8 Å². The minimum atomic E-state index is -4.56. The van der Waals surface area contributed by atoms with Crippen molar-refractivity contribution in [3.8, 4) is 5.75 Å². The molecule has 0 saturated heterocycles. The molecule has 1 aliphatic heterocycles. The normalized spacial score (nSPS) is 17.7. The van der Waals surface area contributed by atoms with Crippen molar-refractivity contribution in [1.82, 2.24) is 9.80 Å². The molecule has 8 nitrogen and oxygen atoms in total. The SMILES string of the molecule is CC(CO)N1C[C@@H](C)[C@@H](CN(C)Cc2ccc(Sc3ccccc3)cc2)Oc2c(NC(=O)C(O)c3ccc(C(F)(F)F)cc3)cccc2C1=O. The zero-order valence-corrected chi connectivity index (χ0v) is 28.7. The molecular weight excluding hydrogens is 667 g/mol. The number of likely N-dealkylation sites (N-methyl/N-ethyl adjacent to an activating group) is 1. The molecule has 0 radical (unpaired) electrons. The molecule has 3 N–H and O–H groups in total. The molecule has 1 heterocycles. The van der Waals surface area contributed by atoms with Gasteiger partial charge in [0.2, 0.25) is 0 Å². The largest absolute Gasteiger partial charge is 0.486 e. The molecule has 4 aromatic carbocycles. The average Bonchev–Trinajstić information content (AvgIpc) is 3.10. The van der Waals surface area contributed by atoms with E-state index in [-0.39, 0.29) is 35.1 Å². The topological polar surface area (TPSA) is 102 Å². The third-order valence-corrected chi connectivity index (χ3v) is 9.61. The second-order valence-electron chi connectivity index (χ2n) is 12.6. The molecule has 0 aromatic heterocycles. The molecule has 2 amide bonds. The van der Waals surface area contributed by atoms with Crippen LogP contribution < -0.4 is 10.1 Å². The molecule has 0 saturated carbocycles. The zero-order valence-electron chi connectivity index (χ0n) is 27.9. The molecule has 264 valence electrons. The summed E-state index contributed by atoms with van der Waals surface area (Å²) in [4.78, 5) is 33.0. The number of ether oxygens (including phenoxy) is 1. The van der Waals surface area contributed by atoms with Crippen molar-refractivity contribution in [1.29, 1.82) is 0 Å². The molecule has 50 heavy (non-hydrogen) atoms. The minimum absolute atomic E-state index is 0.0333. The summed E-state index contributed by atoms with van der Waals surface area (Å²) in [7, 11) is 1.97. The Morgan fingerprint density at radius 1 is 1.00 bits per heavy atom. The second-order valence-corrected chi connectivity index (χ2v) is 13.7. The van der Waals surface area contributed by atoms with Gasteiger partial charge in [0, 0.05) is 35.3 Å². The highest BCUT2D eigenvalue weighted by Crippen LogP contribution is 2.36. The lowest BCUT2D eigenvalue weighted by molar-refractivity contribution is -0.137. The Hall–Kier alpha value is -4.36. The van der Waals surface area contributed by atoms with Gasteiger partial charge in [0.05, 0.1) is 29.5 Å². The fourth-order valence-electron chi connectivity index (χ4n) is 5.74. The minimum Gasteiger partial charge on any atom is -0.486 e. The molecule has 5 rings (SSSR count). The van der Waals surface area contributed by atoms with Crippen molar-refractivity contribution in [3.63, 3.8) is 0 Å². The highest BCUT2D eigenvalue weighted by molar-refractivity contribution is 7.99. The van der Waals surface area contributed by atoms with Crippen LogP contribution in [-0.4, -0.2) is 70.7 Å². The number of carbonyl (C=O) groups excluding carboxylic acids is 2. The van der Waals surface area contributed by atoms with E-state index in [1.54, 1.807) is 35.7 Å². The molecule has 0 bridgehead atoms. The molecular formula is C38H40F3N3O5S. The number of amides is 2. The van der Waals surface area contributed by atoms with Crippen molar-refractivity contribution < 1.29 is 37.7 Å². The van der Waals surface area contributed by atoms with Gasteiger partial charge in [0.1, 0.15) is 6.10 Å². The van der Waals surface area contributed by atoms with Gasteiger partial charge in [0.15, 0.2) is 11.9 Å². The van der Waals surface area contributed by atoms with Gasteiger partial charge in [-0.2, -0.15) is 13.2 Å². The van der Waals surface area contributed by atoms with Gasteiger partial charge in [-0.25, -0.2) is 0 Å². The van der Waals surface area contributed by atoms with E-state index in [1.807, 2.05) is 32.2 Å². The maximum Gasteiger partial charge on any atom is 0.416 e. The van der Waals surface area contributed by atoms with Crippen LogP contribution in [0.4, 0.5) is 18.9 Å². The van der Waals surface area contributed by atoms with Crippen molar-refractivity contribution in [2.75, 3.05) is 32.1 Å². The lowest BCUT2D eigenvalue weighted by Crippen LogP contribution is -2.49. The third-order valence-electron chi connectivity index (χ3n) is 8.60. The Labute approximate surface area is 293 Å². The number of para-hydroxylation sites is 1. The van der Waals surface area contributed by atoms with Crippen LogP contribution in [0.15, 0.2) is 107 Å². The lowest BCUT2D eigenvalue weighted by Gasteiger charge is -2.38. The van der Waals surface area contributed by atoms with E-state index in [0.717, 1.165) is 39.6 Å². The van der Waals surface area contributed by atoms with Crippen LogP contribution in [0.3, 0.4) is 0 Å². The van der Waals surface area contributed by atoms with Gasteiger partial charge in [-0.3, -0.25) is 14.5 Å². The Morgan fingerprint density at radius 2 is 1.66 bits per heavy atom. The maximum atomic E-state index is 13.8. The number of anilines is 1. The van der Waals surface area contributed by atoms with Crippen LogP contribution in [0.5, 0.6) is 5.75 Å². The number of hydrogen-bond donors (Lipinski definition) is 3. The Morgan fingerprint density at radius 3 is 2.30 bits per heavy atom. The molecule has 0 aliphatic carbocycles. The summed E-state index contributed by atoms with van der Waals surface area (Å²) in [5.74, 6) is -1.40. The number of nitrogens with one attached hydrogen (secondary N) is 1. The smallest absolute Gasteiger partial charge is 0.416 e. The van der Waals surface area contributed by atoms with Gasteiger partial charge in [0.25, 0.3) is 11.8 Å². The first-order chi connectivity index (χ1) is 23.8. The van der Waals surface area contributed by atoms with E-state index in [1.165, 1.54) is 6.07 Å². The lowest BCUT2D eigenvalue weighted by atomic mass is 9.98. The van der Waals surface area contributed by atoms with Crippen molar-refractivity contribution in [2.24, 2.45) is 5.92 Å². The molecule has 2 unspecified atom stereocenters. The summed E-state index contributed by atoms with van der Waals surface area (Å²) in [5.41, 5.74) is 0.444. The number of aliphatic hydroxyl groups is 2. The fraction of sp³-hybridized carbons (Fsp3) is 0.316. The van der Waals surface area contributed by atoms with Crippen LogP contribution in [0.1, 0.15) is 47.0 Å². The van der Waals surface area contributed by atoms with Crippen LogP contribution in [0.2, 0.25) is 0 Å². The number of carbonyl (C=O) groups is 2. The predicted molar refractivity (Wildman–Crippen MR) is 186 cm³/mol. The standard InChI is InChI=1S/C38H40F3N3O5S/c1-24-20-44(25(2)23-45)37(48)31-10-7-11-32(42-36(47)34(46)27-14-16-28(17-15-27)38(39,40)41)35(31)49-33(24)22-43(3)21-26-12-18-30(19-13-26)50-29-8-5-4-6-9-29/h4-19,24-25,33-34,45-46H,20-23H2,1-3H3,(H,42,47)/t24-,25?,33-,34?/m1/s1. The molecule has 0 fully saturated rings. The number of alkyl halides is 3. The Bertz CT molecular complexity index is 1760. The average molecular weight is 708 g/mol. The van der Waals surface area contributed by atoms with E-state index >= 15 is 0 Å². The highest BCUT2D eigenvalue weighted by Gasteiger charge is 2.35. The zero-order chi connectivity index (χ0) is 36.0. The maximum absolute atomic E-state index is 13.8. The summed E-state index contributed by atoms with van der Waals surface area (Å²) in [6, 6.07) is 26.3. The van der Waals surface area contributed by atoms with Crippen molar-refractivity contribution >= 4 is 29.3 Å². The summed E-state index contributed by atoms with van der Waals surface area (Å²) >= 11 is 1.68. The van der Waals surface area contributed by atoms with Gasteiger partial charge < -0.3 is 25.2 Å². The fourth-order valence-corrected chi connectivity index (χ4v) is 6.58. The van der Waals surface area contributed by atoms with E-state index in [2.05, 4.69) is 46.6 Å².